The van der Waals surface area contributed by atoms with Crippen molar-refractivity contribution in [2.45, 2.75) is 42.0 Å². The van der Waals surface area contributed by atoms with E-state index in [2.05, 4.69) is 22.5 Å². The maximum atomic E-state index is 14.1. The zero-order valence-corrected chi connectivity index (χ0v) is 19.7. The summed E-state index contributed by atoms with van der Waals surface area (Å²) in [7, 11) is 0. The van der Waals surface area contributed by atoms with Crippen LogP contribution < -0.4 is 4.90 Å². The molecule has 0 aromatic heterocycles. The van der Waals surface area contributed by atoms with Crippen LogP contribution in [-0.4, -0.2) is 74.7 Å². The van der Waals surface area contributed by atoms with Crippen molar-refractivity contribution in [2.24, 2.45) is 11.8 Å². The molecule has 3 heterocycles. The van der Waals surface area contributed by atoms with Gasteiger partial charge in [-0.15, -0.1) is 6.58 Å². The molecule has 3 aliphatic rings. The van der Waals surface area contributed by atoms with Crippen molar-refractivity contribution in [3.05, 3.63) is 41.9 Å². The second kappa shape index (κ2) is 8.44. The standard InChI is InChI=1S/C22H24BrClN2O6/c1-3-8-25(14-7-5-4-6-13(14)24)20(29)18-22-9-12(23)17(32-22)15(21(30)31)16(22)19(28)26(18)11(2)10-27/h3-7,11-12,15-18,27H,1,8-10H2,2H3,(H,30,31)/t11-,12?,15-,16+,17-,18?,22?/m1/s1. The number of halogens is 2. The summed E-state index contributed by atoms with van der Waals surface area (Å²) >= 11 is 9.87. The number of benzene rings is 1. The van der Waals surface area contributed by atoms with E-state index in [9.17, 15) is 24.6 Å². The number of carboxylic acid groups (broad SMARTS) is 1. The number of alkyl halides is 1. The predicted molar refractivity (Wildman–Crippen MR) is 121 cm³/mol. The van der Waals surface area contributed by atoms with Crippen molar-refractivity contribution < 1.29 is 29.3 Å². The van der Waals surface area contributed by atoms with Gasteiger partial charge in [0.25, 0.3) is 5.91 Å². The van der Waals surface area contributed by atoms with Gasteiger partial charge < -0.3 is 24.7 Å². The molecule has 2 bridgehead atoms. The van der Waals surface area contributed by atoms with E-state index in [1.807, 2.05) is 0 Å². The molecule has 2 amide bonds. The molecule has 8 nitrogen and oxygen atoms in total. The summed E-state index contributed by atoms with van der Waals surface area (Å²) in [5, 5.41) is 20.1. The Balaban J connectivity index is 1.85. The summed E-state index contributed by atoms with van der Waals surface area (Å²) in [5.41, 5.74) is -0.874. The van der Waals surface area contributed by atoms with E-state index in [-0.39, 0.29) is 18.0 Å². The Labute approximate surface area is 198 Å². The molecule has 0 saturated carbocycles. The predicted octanol–water partition coefficient (Wildman–Crippen LogP) is 2.07. The second-order valence-corrected chi connectivity index (χ2v) is 10.1. The second-order valence-electron chi connectivity index (χ2n) is 8.47. The summed E-state index contributed by atoms with van der Waals surface area (Å²) < 4.78 is 6.22. The van der Waals surface area contributed by atoms with Crippen molar-refractivity contribution in [3.63, 3.8) is 0 Å². The quantitative estimate of drug-likeness (QED) is 0.415. The largest absolute Gasteiger partial charge is 0.481 e. The van der Waals surface area contributed by atoms with Gasteiger partial charge in [-0.25, -0.2) is 0 Å². The van der Waals surface area contributed by atoms with Crippen molar-refractivity contribution in [1.29, 1.82) is 0 Å². The Bertz CT molecular complexity index is 975. The Morgan fingerprint density at radius 3 is 2.75 bits per heavy atom. The highest BCUT2D eigenvalue weighted by atomic mass is 79.9. The molecule has 3 unspecified atom stereocenters. The maximum Gasteiger partial charge on any atom is 0.310 e. The van der Waals surface area contributed by atoms with Crippen molar-refractivity contribution >= 4 is 51.0 Å². The molecule has 3 saturated heterocycles. The highest BCUT2D eigenvalue weighted by Gasteiger charge is 2.77. The van der Waals surface area contributed by atoms with Gasteiger partial charge >= 0.3 is 5.97 Å². The lowest BCUT2D eigenvalue weighted by Crippen LogP contribution is -2.58. The first-order valence-electron chi connectivity index (χ1n) is 10.3. The number of hydrogen-bond donors (Lipinski definition) is 2. The summed E-state index contributed by atoms with van der Waals surface area (Å²) in [4.78, 5) is 42.1. The minimum Gasteiger partial charge on any atom is -0.481 e. The molecule has 4 rings (SSSR count). The number of carboxylic acids is 1. The lowest BCUT2D eigenvalue weighted by Gasteiger charge is -2.38. The Morgan fingerprint density at radius 2 is 2.16 bits per heavy atom. The van der Waals surface area contributed by atoms with Crippen LogP contribution in [0.15, 0.2) is 36.9 Å². The molecule has 3 aliphatic heterocycles. The van der Waals surface area contributed by atoms with E-state index in [4.69, 9.17) is 16.3 Å². The molecule has 0 aliphatic carbocycles. The molecule has 0 radical (unpaired) electrons. The summed E-state index contributed by atoms with van der Waals surface area (Å²) in [6.07, 6.45) is 1.12. The normalized spacial score (nSPS) is 33.8. The summed E-state index contributed by atoms with van der Waals surface area (Å²) in [5.74, 6) is -4.19. The van der Waals surface area contributed by atoms with Crippen LogP contribution >= 0.6 is 27.5 Å². The first-order valence-corrected chi connectivity index (χ1v) is 11.6. The Morgan fingerprint density at radius 1 is 1.47 bits per heavy atom. The number of anilines is 1. The van der Waals surface area contributed by atoms with Gasteiger partial charge in [-0.05, 0) is 25.5 Å². The number of para-hydroxylation sites is 1. The van der Waals surface area contributed by atoms with E-state index in [0.717, 1.165) is 0 Å². The van der Waals surface area contributed by atoms with Crippen molar-refractivity contribution in [2.75, 3.05) is 18.1 Å². The van der Waals surface area contributed by atoms with Gasteiger partial charge in [0.2, 0.25) is 5.91 Å². The molecular weight excluding hydrogens is 504 g/mol. The van der Waals surface area contributed by atoms with Crippen LogP contribution in [0.25, 0.3) is 0 Å². The van der Waals surface area contributed by atoms with Gasteiger partial charge in [0.1, 0.15) is 11.6 Å². The van der Waals surface area contributed by atoms with Crippen LogP contribution in [0, 0.1) is 11.8 Å². The number of carbonyl (C=O) groups is 3. The van der Waals surface area contributed by atoms with Crippen molar-refractivity contribution in [1.82, 2.24) is 4.90 Å². The molecule has 7 atom stereocenters. The topological polar surface area (TPSA) is 107 Å². The van der Waals surface area contributed by atoms with E-state index in [1.54, 1.807) is 37.3 Å². The zero-order valence-electron chi connectivity index (χ0n) is 17.4. The molecule has 1 aromatic carbocycles. The number of amides is 2. The van der Waals surface area contributed by atoms with Gasteiger partial charge in [-0.3, -0.25) is 14.4 Å². The van der Waals surface area contributed by atoms with Crippen LogP contribution in [0.3, 0.4) is 0 Å². The monoisotopic (exact) mass is 526 g/mol. The van der Waals surface area contributed by atoms with Crippen LogP contribution in [0.1, 0.15) is 13.3 Å². The molecule has 32 heavy (non-hydrogen) atoms. The first kappa shape index (κ1) is 23.2. The average molecular weight is 528 g/mol. The Kier molecular flexibility index (Phi) is 6.13. The first-order chi connectivity index (χ1) is 15.2. The van der Waals surface area contributed by atoms with E-state index in [0.29, 0.717) is 17.1 Å². The third kappa shape index (κ3) is 3.21. The minimum absolute atomic E-state index is 0.124. The van der Waals surface area contributed by atoms with Gasteiger partial charge in [0, 0.05) is 11.4 Å². The fourth-order valence-corrected chi connectivity index (χ4v) is 6.63. The van der Waals surface area contributed by atoms with E-state index >= 15 is 0 Å². The fraction of sp³-hybridized carbons (Fsp3) is 0.500. The fourth-order valence-electron chi connectivity index (χ4n) is 5.45. The highest BCUT2D eigenvalue weighted by Crippen LogP contribution is 2.60. The van der Waals surface area contributed by atoms with E-state index in [1.165, 1.54) is 9.80 Å². The van der Waals surface area contributed by atoms with Gasteiger partial charge in [-0.2, -0.15) is 0 Å². The van der Waals surface area contributed by atoms with Crippen LogP contribution in [0.2, 0.25) is 5.02 Å². The minimum atomic E-state index is -1.32. The summed E-state index contributed by atoms with van der Waals surface area (Å²) in [6.45, 7) is 5.10. The number of aliphatic carboxylic acids is 1. The third-order valence-electron chi connectivity index (χ3n) is 6.71. The molecule has 1 spiro atoms. The molecular formula is C22H24BrClN2O6. The van der Waals surface area contributed by atoms with Crippen LogP contribution in [0.5, 0.6) is 0 Å². The number of aliphatic hydroxyl groups excluding tert-OH is 1. The third-order valence-corrected chi connectivity index (χ3v) is 7.87. The maximum absolute atomic E-state index is 14.1. The molecule has 2 N–H and O–H groups in total. The SMILES string of the molecule is C=CCN(C(=O)C1N([C@H](C)CO)C(=O)[C@@H]2[C@@H](C(=O)O)[C@@H]3OC12CC3Br)c1ccccc1Cl. The number of ether oxygens (including phenoxy) is 1. The van der Waals surface area contributed by atoms with Crippen LogP contribution in [-0.2, 0) is 19.1 Å². The molecule has 3 fully saturated rings. The number of rotatable bonds is 7. The highest BCUT2D eigenvalue weighted by molar-refractivity contribution is 9.09. The van der Waals surface area contributed by atoms with Crippen molar-refractivity contribution in [3.8, 4) is 0 Å². The number of hydrogen-bond acceptors (Lipinski definition) is 5. The Hall–Kier alpha value is -1.94. The zero-order chi connectivity index (χ0) is 23.4. The summed E-state index contributed by atoms with van der Waals surface area (Å²) in [6, 6.07) is 5.00. The number of carbonyl (C=O) groups excluding carboxylic acids is 2. The number of aliphatic hydroxyl groups is 1. The van der Waals surface area contributed by atoms with Crippen LogP contribution in [0.4, 0.5) is 5.69 Å². The number of likely N-dealkylation sites (tertiary alicyclic amines) is 1. The number of nitrogens with zero attached hydrogens (tertiary/aromatic N) is 2. The van der Waals surface area contributed by atoms with Gasteiger partial charge in [0.15, 0.2) is 0 Å². The lowest BCUT2D eigenvalue weighted by atomic mass is 9.70. The molecule has 172 valence electrons. The average Bonchev–Trinajstić information content (AvgIpc) is 3.35. The molecule has 10 heteroatoms. The lowest BCUT2D eigenvalue weighted by molar-refractivity contribution is -0.150. The van der Waals surface area contributed by atoms with Gasteiger partial charge in [0.05, 0.1) is 41.3 Å². The number of fused-ring (bicyclic) bond motifs is 1. The van der Waals surface area contributed by atoms with Gasteiger partial charge in [-0.1, -0.05) is 45.7 Å². The molecule has 1 aromatic rings. The van der Waals surface area contributed by atoms with E-state index < -0.39 is 53.4 Å². The smallest absolute Gasteiger partial charge is 0.310 e.